The van der Waals surface area contributed by atoms with Crippen molar-refractivity contribution in [2.45, 2.75) is 25.3 Å². The average Bonchev–Trinajstić information content (AvgIpc) is 3.05. The number of rotatable bonds is 5. The van der Waals surface area contributed by atoms with Crippen molar-refractivity contribution >= 4 is 26.5 Å². The molecule has 0 fully saturated rings. The van der Waals surface area contributed by atoms with Crippen LogP contribution in [0.2, 0.25) is 0 Å². The van der Waals surface area contributed by atoms with Crippen molar-refractivity contribution < 1.29 is 30.4 Å². The minimum atomic E-state index is -4.07. The fraction of sp³-hybridized carbons (Fsp3) is 0.136. The number of nitrogens with zero attached hydrogens (tertiary/aromatic N) is 2. The number of anilines is 1. The number of nitrogens with one attached hydrogen (secondary N) is 1. The van der Waals surface area contributed by atoms with Crippen molar-refractivity contribution in [2.24, 2.45) is 0 Å². The van der Waals surface area contributed by atoms with E-state index in [4.69, 9.17) is 0 Å². The molecular formula is C22H16F5N3O2S. The second-order valence-electron chi connectivity index (χ2n) is 7.37. The van der Waals surface area contributed by atoms with E-state index in [1.54, 1.807) is 18.2 Å². The maximum atomic E-state index is 14.1. The molecule has 172 valence electrons. The van der Waals surface area contributed by atoms with Crippen LogP contribution < -0.4 is 4.72 Å². The Morgan fingerprint density at radius 2 is 1.42 bits per heavy atom. The van der Waals surface area contributed by atoms with E-state index in [2.05, 4.69) is 9.82 Å². The van der Waals surface area contributed by atoms with Crippen LogP contribution in [0.15, 0.2) is 47.4 Å². The van der Waals surface area contributed by atoms with Crippen LogP contribution in [0.25, 0.3) is 10.8 Å². The van der Waals surface area contributed by atoms with Gasteiger partial charge in [-0.3, -0.25) is 9.40 Å². The normalized spacial score (nSPS) is 11.8. The number of benzene rings is 3. The fourth-order valence-electron chi connectivity index (χ4n) is 3.47. The van der Waals surface area contributed by atoms with Gasteiger partial charge in [-0.15, -0.1) is 0 Å². The summed E-state index contributed by atoms with van der Waals surface area (Å²) >= 11 is 0. The highest BCUT2D eigenvalue weighted by atomic mass is 32.2. The van der Waals surface area contributed by atoms with Crippen molar-refractivity contribution in [1.29, 1.82) is 0 Å². The average molecular weight is 481 g/mol. The minimum absolute atomic E-state index is 0.0208. The Hall–Kier alpha value is -3.47. The molecule has 5 nitrogen and oxygen atoms in total. The number of aryl methyl sites for hydroxylation is 1. The Bertz CT molecular complexity index is 1490. The molecule has 0 saturated heterocycles. The van der Waals surface area contributed by atoms with Gasteiger partial charge in [0.05, 0.1) is 34.1 Å². The smallest absolute Gasteiger partial charge is 0.262 e. The molecular weight excluding hydrogens is 465 g/mol. The van der Waals surface area contributed by atoms with Gasteiger partial charge < -0.3 is 0 Å². The predicted octanol–water partition coefficient (Wildman–Crippen LogP) is 5.20. The molecule has 0 aliphatic heterocycles. The van der Waals surface area contributed by atoms with E-state index in [0.717, 1.165) is 10.1 Å². The van der Waals surface area contributed by atoms with Crippen LogP contribution in [0, 0.1) is 42.9 Å². The summed E-state index contributed by atoms with van der Waals surface area (Å²) < 4.78 is 97.8. The lowest BCUT2D eigenvalue weighted by Gasteiger charge is -2.11. The van der Waals surface area contributed by atoms with E-state index in [0.29, 0.717) is 5.39 Å². The second kappa shape index (κ2) is 8.14. The first kappa shape index (κ1) is 22.7. The maximum Gasteiger partial charge on any atom is 0.262 e. The lowest BCUT2D eigenvalue weighted by atomic mass is 10.1. The van der Waals surface area contributed by atoms with Crippen LogP contribution in [0.4, 0.5) is 27.6 Å². The number of halogens is 5. The molecule has 0 saturated carbocycles. The molecule has 0 atom stereocenters. The molecule has 4 rings (SSSR count). The molecule has 0 aliphatic rings. The van der Waals surface area contributed by atoms with Gasteiger partial charge in [0.2, 0.25) is 5.82 Å². The second-order valence-corrected chi connectivity index (χ2v) is 9.05. The lowest BCUT2D eigenvalue weighted by Crippen LogP contribution is -2.15. The molecule has 33 heavy (non-hydrogen) atoms. The summed E-state index contributed by atoms with van der Waals surface area (Å²) in [5.41, 5.74) is -0.769. The van der Waals surface area contributed by atoms with E-state index in [-0.39, 0.29) is 22.0 Å². The Labute approximate surface area is 185 Å². The van der Waals surface area contributed by atoms with E-state index >= 15 is 0 Å². The zero-order chi connectivity index (χ0) is 24.1. The number of aromatic nitrogens is 2. The highest BCUT2D eigenvalue weighted by molar-refractivity contribution is 7.92. The van der Waals surface area contributed by atoms with Gasteiger partial charge in [-0.25, -0.2) is 30.4 Å². The van der Waals surface area contributed by atoms with Gasteiger partial charge in [0.1, 0.15) is 0 Å². The topological polar surface area (TPSA) is 64.0 Å². The van der Waals surface area contributed by atoms with Crippen LogP contribution >= 0.6 is 0 Å². The molecule has 0 radical (unpaired) electrons. The molecule has 0 unspecified atom stereocenters. The van der Waals surface area contributed by atoms with Crippen LogP contribution in [0.3, 0.4) is 0 Å². The largest absolute Gasteiger partial charge is 0.276 e. The highest BCUT2D eigenvalue weighted by Gasteiger charge is 2.27. The summed E-state index contributed by atoms with van der Waals surface area (Å²) in [5, 5.41) is 5.57. The molecule has 3 aromatic carbocycles. The first-order valence-electron chi connectivity index (χ1n) is 9.57. The van der Waals surface area contributed by atoms with Crippen LogP contribution in [0.1, 0.15) is 17.0 Å². The quantitative estimate of drug-likeness (QED) is 0.242. The third-order valence-electron chi connectivity index (χ3n) is 5.26. The van der Waals surface area contributed by atoms with Crippen LogP contribution in [-0.4, -0.2) is 18.2 Å². The minimum Gasteiger partial charge on any atom is -0.276 e. The molecule has 0 amide bonds. The van der Waals surface area contributed by atoms with Gasteiger partial charge in [-0.2, -0.15) is 5.10 Å². The molecule has 1 aromatic heterocycles. The zero-order valence-corrected chi connectivity index (χ0v) is 18.1. The fourth-order valence-corrected chi connectivity index (χ4v) is 4.68. The van der Waals surface area contributed by atoms with Crippen molar-refractivity contribution in [3.8, 4) is 0 Å². The Balaban J connectivity index is 1.70. The number of hydrogen-bond donors (Lipinski definition) is 1. The van der Waals surface area contributed by atoms with Crippen molar-refractivity contribution in [2.75, 3.05) is 4.72 Å². The van der Waals surface area contributed by atoms with Gasteiger partial charge >= 0.3 is 0 Å². The van der Waals surface area contributed by atoms with Gasteiger partial charge in [0, 0.05) is 0 Å². The number of sulfonamides is 1. The molecule has 1 heterocycles. The first-order chi connectivity index (χ1) is 15.5. The molecule has 1 N–H and O–H groups in total. The molecule has 0 aliphatic carbocycles. The van der Waals surface area contributed by atoms with Gasteiger partial charge in [-0.05, 0) is 36.8 Å². The monoisotopic (exact) mass is 481 g/mol. The van der Waals surface area contributed by atoms with E-state index in [1.807, 2.05) is 12.1 Å². The third-order valence-corrected chi connectivity index (χ3v) is 6.61. The summed E-state index contributed by atoms with van der Waals surface area (Å²) in [7, 11) is -4.07. The number of fused-ring (bicyclic) bond motifs is 1. The molecule has 0 bridgehead atoms. The van der Waals surface area contributed by atoms with Crippen molar-refractivity contribution in [3.63, 3.8) is 0 Å². The Morgan fingerprint density at radius 3 is 2.06 bits per heavy atom. The summed E-state index contributed by atoms with van der Waals surface area (Å²) in [5.74, 6) is -10.3. The van der Waals surface area contributed by atoms with Gasteiger partial charge in [0.25, 0.3) is 10.0 Å². The Morgan fingerprint density at radius 1 is 0.848 bits per heavy atom. The Kier molecular flexibility index (Phi) is 5.61. The van der Waals surface area contributed by atoms with Crippen molar-refractivity contribution in [1.82, 2.24) is 9.78 Å². The van der Waals surface area contributed by atoms with E-state index < -0.39 is 51.2 Å². The lowest BCUT2D eigenvalue weighted by molar-refractivity contribution is 0.366. The summed E-state index contributed by atoms with van der Waals surface area (Å²) in [6.45, 7) is 2.06. The van der Waals surface area contributed by atoms with E-state index in [1.165, 1.54) is 26.0 Å². The first-order valence-corrected chi connectivity index (χ1v) is 11.1. The third kappa shape index (κ3) is 3.92. The van der Waals surface area contributed by atoms with Crippen LogP contribution in [0.5, 0.6) is 0 Å². The zero-order valence-electron chi connectivity index (χ0n) is 17.3. The van der Waals surface area contributed by atoms with Crippen molar-refractivity contribution in [3.05, 3.63) is 88.5 Å². The summed E-state index contributed by atoms with van der Waals surface area (Å²) in [6.07, 6.45) is 0. The highest BCUT2D eigenvalue weighted by Crippen LogP contribution is 2.28. The standard InChI is InChI=1S/C22H16F5N3O2S/c1-11-22(29-33(31,32)15-8-7-13-5-3-4-6-14(13)9-15)12(2)30(28-11)10-16-17(23)19(25)21(27)20(26)18(16)24/h3-9,29H,10H2,1-2H3. The van der Waals surface area contributed by atoms with E-state index in [9.17, 15) is 30.4 Å². The predicted molar refractivity (Wildman–Crippen MR) is 112 cm³/mol. The molecule has 0 spiro atoms. The van der Waals surface area contributed by atoms with Gasteiger partial charge in [0.15, 0.2) is 23.3 Å². The SMILES string of the molecule is Cc1nn(Cc2c(F)c(F)c(F)c(F)c2F)c(C)c1NS(=O)(=O)c1ccc2ccccc2c1. The number of hydrogen-bond acceptors (Lipinski definition) is 3. The molecule has 11 heteroatoms. The summed E-state index contributed by atoms with van der Waals surface area (Å²) in [4.78, 5) is -0.0208. The van der Waals surface area contributed by atoms with Crippen LogP contribution in [-0.2, 0) is 16.6 Å². The molecule has 4 aromatic rings. The summed E-state index contributed by atoms with van der Waals surface area (Å²) in [6, 6.07) is 11.7. The van der Waals surface area contributed by atoms with Gasteiger partial charge in [-0.1, -0.05) is 30.3 Å². The maximum absolute atomic E-state index is 14.1.